The van der Waals surface area contributed by atoms with Gasteiger partial charge in [-0.1, -0.05) is 31.2 Å². The number of hydrogen-bond acceptors (Lipinski definition) is 4. The maximum absolute atomic E-state index is 12.8. The first-order valence-electron chi connectivity index (χ1n) is 7.00. The molecule has 1 atom stereocenters. The van der Waals surface area contributed by atoms with E-state index in [1.165, 1.54) is 13.0 Å². The van der Waals surface area contributed by atoms with Crippen LogP contribution in [0.4, 0.5) is 0 Å². The summed E-state index contributed by atoms with van der Waals surface area (Å²) in [6.07, 6.45) is 0. The molecule has 2 aromatic carbocycles. The minimum absolute atomic E-state index is 0.0812. The van der Waals surface area contributed by atoms with Gasteiger partial charge in [-0.25, -0.2) is 13.2 Å². The lowest BCUT2D eigenvalue weighted by molar-refractivity contribution is 0.0699. The molecule has 1 N–H and O–H groups in total. The third-order valence-corrected chi connectivity index (χ3v) is 5.63. The largest absolute Gasteiger partial charge is 0.478 e. The number of fused-ring (bicyclic) bond motifs is 1. The molecule has 0 aliphatic rings. The molecule has 0 saturated carbocycles. The maximum atomic E-state index is 12.8. The molecule has 6 nitrogen and oxygen atoms in total. The second-order valence-corrected chi connectivity index (χ2v) is 6.90. The fourth-order valence-electron chi connectivity index (χ4n) is 2.46. The number of nitrogens with zero attached hydrogens (tertiary/aromatic N) is 2. The summed E-state index contributed by atoms with van der Waals surface area (Å²) in [6.45, 7) is 3.23. The molecule has 0 amide bonds. The van der Waals surface area contributed by atoms with Crippen molar-refractivity contribution >= 4 is 26.8 Å². The number of hydrogen-bond donors (Lipinski definition) is 1. The predicted molar refractivity (Wildman–Crippen MR) is 85.5 cm³/mol. The van der Waals surface area contributed by atoms with Gasteiger partial charge in [-0.15, -0.1) is 0 Å². The molecule has 0 bridgehead atoms. The summed E-state index contributed by atoms with van der Waals surface area (Å²) < 4.78 is 26.6. The summed E-state index contributed by atoms with van der Waals surface area (Å²) in [7, 11) is -3.96. The number of carbonyl (C=O) groups is 1. The lowest BCUT2D eigenvalue weighted by Crippen LogP contribution is -2.37. The second kappa shape index (κ2) is 6.36. The van der Waals surface area contributed by atoms with Crippen molar-refractivity contribution in [3.63, 3.8) is 0 Å². The van der Waals surface area contributed by atoms with Crippen molar-refractivity contribution in [3.8, 4) is 6.07 Å². The van der Waals surface area contributed by atoms with Crippen molar-refractivity contribution in [3.05, 3.63) is 42.0 Å². The van der Waals surface area contributed by atoms with Gasteiger partial charge in [-0.3, -0.25) is 0 Å². The zero-order valence-corrected chi connectivity index (χ0v) is 13.5. The molecule has 0 fully saturated rings. The lowest BCUT2D eigenvalue weighted by Gasteiger charge is -2.23. The van der Waals surface area contributed by atoms with Gasteiger partial charge in [0.25, 0.3) is 0 Å². The van der Waals surface area contributed by atoms with Crippen molar-refractivity contribution in [2.75, 3.05) is 6.54 Å². The first-order chi connectivity index (χ1) is 10.8. The Balaban J connectivity index is 2.73. The Labute approximate surface area is 134 Å². The van der Waals surface area contributed by atoms with Crippen LogP contribution in [0.2, 0.25) is 0 Å². The van der Waals surface area contributed by atoms with Crippen molar-refractivity contribution in [1.82, 2.24) is 4.31 Å². The fourth-order valence-corrected chi connectivity index (χ4v) is 4.08. The molecule has 0 aromatic heterocycles. The summed E-state index contributed by atoms with van der Waals surface area (Å²) in [5.41, 5.74) is -0.0812. The van der Waals surface area contributed by atoms with Crippen molar-refractivity contribution in [2.45, 2.75) is 24.8 Å². The van der Waals surface area contributed by atoms with E-state index in [4.69, 9.17) is 5.26 Å². The van der Waals surface area contributed by atoms with Crippen LogP contribution in [0.15, 0.2) is 41.3 Å². The highest BCUT2D eigenvalue weighted by Gasteiger charge is 2.29. The highest BCUT2D eigenvalue weighted by atomic mass is 32.2. The quantitative estimate of drug-likeness (QED) is 0.907. The van der Waals surface area contributed by atoms with Crippen LogP contribution in [-0.2, 0) is 10.0 Å². The van der Waals surface area contributed by atoms with Gasteiger partial charge in [0, 0.05) is 6.54 Å². The summed E-state index contributed by atoms with van der Waals surface area (Å²) in [5, 5.41) is 19.4. The normalized spacial score (nSPS) is 13.0. The SMILES string of the molecule is CCN(C(C)C#N)S(=O)(=O)c1cc(C(=O)O)c2ccccc2c1. The Morgan fingerprint density at radius 3 is 2.57 bits per heavy atom. The molecular formula is C16H16N2O4S. The maximum Gasteiger partial charge on any atom is 0.336 e. The fraction of sp³-hybridized carbons (Fsp3) is 0.250. The molecule has 23 heavy (non-hydrogen) atoms. The number of carboxylic acids is 1. The monoisotopic (exact) mass is 332 g/mol. The van der Waals surface area contributed by atoms with Crippen LogP contribution in [0.25, 0.3) is 10.8 Å². The van der Waals surface area contributed by atoms with Gasteiger partial charge in [-0.05, 0) is 29.8 Å². The molecule has 0 aliphatic carbocycles. The van der Waals surface area contributed by atoms with E-state index in [2.05, 4.69) is 0 Å². The number of aromatic carboxylic acids is 1. The average molecular weight is 332 g/mol. The minimum atomic E-state index is -3.96. The molecule has 0 radical (unpaired) electrons. The number of rotatable bonds is 5. The number of nitriles is 1. The Bertz CT molecular complexity index is 900. The van der Waals surface area contributed by atoms with E-state index in [1.807, 2.05) is 6.07 Å². The molecule has 0 aliphatic heterocycles. The number of benzene rings is 2. The zero-order chi connectivity index (χ0) is 17.2. The second-order valence-electron chi connectivity index (χ2n) is 5.01. The summed E-state index contributed by atoms with van der Waals surface area (Å²) >= 11 is 0. The van der Waals surface area contributed by atoms with Crippen LogP contribution in [0.3, 0.4) is 0 Å². The molecular weight excluding hydrogens is 316 g/mol. The van der Waals surface area contributed by atoms with Crippen LogP contribution in [-0.4, -0.2) is 36.4 Å². The van der Waals surface area contributed by atoms with E-state index in [0.29, 0.717) is 10.8 Å². The molecule has 7 heteroatoms. The van der Waals surface area contributed by atoms with Crippen molar-refractivity contribution in [2.24, 2.45) is 0 Å². The van der Waals surface area contributed by atoms with Gasteiger partial charge in [0.2, 0.25) is 10.0 Å². The smallest absolute Gasteiger partial charge is 0.336 e. The van der Waals surface area contributed by atoms with Gasteiger partial charge in [0.1, 0.15) is 6.04 Å². The van der Waals surface area contributed by atoms with E-state index in [0.717, 1.165) is 10.4 Å². The lowest BCUT2D eigenvalue weighted by atomic mass is 10.0. The molecule has 120 valence electrons. The molecule has 0 saturated heterocycles. The van der Waals surface area contributed by atoms with Crippen LogP contribution in [0.5, 0.6) is 0 Å². The van der Waals surface area contributed by atoms with Crippen LogP contribution >= 0.6 is 0 Å². The number of sulfonamides is 1. The Morgan fingerprint density at radius 2 is 2.00 bits per heavy atom. The minimum Gasteiger partial charge on any atom is -0.478 e. The van der Waals surface area contributed by atoms with Gasteiger partial charge in [0.05, 0.1) is 16.5 Å². The Morgan fingerprint density at radius 1 is 1.35 bits per heavy atom. The first-order valence-corrected chi connectivity index (χ1v) is 8.44. The highest BCUT2D eigenvalue weighted by Crippen LogP contribution is 2.26. The predicted octanol–water partition coefficient (Wildman–Crippen LogP) is 2.46. The van der Waals surface area contributed by atoms with Crippen LogP contribution in [0.1, 0.15) is 24.2 Å². The average Bonchev–Trinajstić information content (AvgIpc) is 2.53. The summed E-state index contributed by atoms with van der Waals surface area (Å²) in [6, 6.07) is 10.3. The third-order valence-electron chi connectivity index (χ3n) is 3.60. The first kappa shape index (κ1) is 16.9. The molecule has 2 rings (SSSR count). The summed E-state index contributed by atoms with van der Waals surface area (Å²) in [5.74, 6) is -1.20. The van der Waals surface area contributed by atoms with Gasteiger partial charge >= 0.3 is 5.97 Å². The number of carboxylic acid groups (broad SMARTS) is 1. The van der Waals surface area contributed by atoms with E-state index in [-0.39, 0.29) is 17.0 Å². The molecule has 2 aromatic rings. The van der Waals surface area contributed by atoms with E-state index in [9.17, 15) is 18.3 Å². The third kappa shape index (κ3) is 3.04. The van der Waals surface area contributed by atoms with Crippen molar-refractivity contribution < 1.29 is 18.3 Å². The molecule has 0 heterocycles. The van der Waals surface area contributed by atoms with Crippen molar-refractivity contribution in [1.29, 1.82) is 5.26 Å². The van der Waals surface area contributed by atoms with E-state index in [1.54, 1.807) is 31.2 Å². The van der Waals surface area contributed by atoms with E-state index < -0.39 is 22.0 Å². The summed E-state index contributed by atoms with van der Waals surface area (Å²) in [4.78, 5) is 11.3. The van der Waals surface area contributed by atoms with Crippen LogP contribution in [0, 0.1) is 11.3 Å². The highest BCUT2D eigenvalue weighted by molar-refractivity contribution is 7.89. The van der Waals surface area contributed by atoms with Gasteiger partial charge in [-0.2, -0.15) is 9.57 Å². The van der Waals surface area contributed by atoms with Gasteiger partial charge in [0.15, 0.2) is 0 Å². The topological polar surface area (TPSA) is 98.5 Å². The molecule has 1 unspecified atom stereocenters. The standard InChI is InChI=1S/C16H16N2O4S/c1-3-18(11(2)10-17)23(21,22)13-8-12-6-4-5-7-14(12)15(9-13)16(19)20/h4-9,11H,3H2,1-2H3,(H,19,20). The zero-order valence-electron chi connectivity index (χ0n) is 12.7. The van der Waals surface area contributed by atoms with E-state index >= 15 is 0 Å². The Kier molecular flexibility index (Phi) is 4.68. The van der Waals surface area contributed by atoms with Crippen LogP contribution < -0.4 is 0 Å². The Hall–Kier alpha value is -2.43. The molecule has 0 spiro atoms. The van der Waals surface area contributed by atoms with Gasteiger partial charge < -0.3 is 5.11 Å².